The van der Waals surface area contributed by atoms with Gasteiger partial charge in [0.2, 0.25) is 12.3 Å². The van der Waals surface area contributed by atoms with Crippen LogP contribution in [0.15, 0.2) is 11.0 Å². The molecule has 2 aromatic rings. The molecule has 9 heteroatoms. The average molecular weight is 436 g/mol. The fourth-order valence-electron chi connectivity index (χ4n) is 4.50. The number of likely N-dealkylation sites (tertiary alicyclic amines) is 1. The lowest BCUT2D eigenvalue weighted by molar-refractivity contribution is -0.119. The number of hydrogen-bond acceptors (Lipinski definition) is 4. The molecule has 2 saturated carbocycles. The first-order valence-electron chi connectivity index (χ1n) is 11.4. The number of amides is 1. The fourth-order valence-corrected chi connectivity index (χ4v) is 4.50. The van der Waals surface area contributed by atoms with E-state index in [-0.39, 0.29) is 24.4 Å². The van der Waals surface area contributed by atoms with Crippen molar-refractivity contribution in [1.82, 2.24) is 24.6 Å². The minimum Gasteiger partial charge on any atom is -0.345 e. The number of halogens is 2. The molecule has 5 rings (SSSR count). The van der Waals surface area contributed by atoms with Crippen molar-refractivity contribution in [3.8, 4) is 0 Å². The second kappa shape index (κ2) is 9.04. The van der Waals surface area contributed by atoms with Crippen molar-refractivity contribution in [2.75, 3.05) is 13.1 Å². The lowest BCUT2D eigenvalue weighted by Crippen LogP contribution is -2.31. The number of carbonyl (C=O) groups is 1. The Bertz CT molecular complexity index is 950. The standard InChI is InChI=1S/C15H18F2N4O.C7H13NO/c16-15(17)6-4-10(5-7-15)21-13-11(8-18-21)14(22)20-12(19-13)9-2-1-3-9;1-7-2-4-8(6-9)5-3-7/h8-10H,1-7H2,(H,19,20,22);6-7H,2-5H2,1H3. The molecule has 3 aliphatic rings. The van der Waals surface area contributed by atoms with E-state index in [4.69, 9.17) is 0 Å². The van der Waals surface area contributed by atoms with Gasteiger partial charge in [-0.3, -0.25) is 9.59 Å². The number of nitrogens with zero attached hydrogens (tertiary/aromatic N) is 4. The summed E-state index contributed by atoms with van der Waals surface area (Å²) in [4.78, 5) is 31.6. The van der Waals surface area contributed by atoms with Crippen molar-refractivity contribution in [1.29, 1.82) is 0 Å². The van der Waals surface area contributed by atoms with Crippen LogP contribution in [0, 0.1) is 5.92 Å². The molecule has 1 amide bonds. The van der Waals surface area contributed by atoms with Crippen molar-refractivity contribution in [3.63, 3.8) is 0 Å². The maximum Gasteiger partial charge on any atom is 0.262 e. The molecule has 0 spiro atoms. The van der Waals surface area contributed by atoms with E-state index < -0.39 is 5.92 Å². The first-order valence-corrected chi connectivity index (χ1v) is 11.4. The van der Waals surface area contributed by atoms with Crippen molar-refractivity contribution in [2.24, 2.45) is 5.92 Å². The summed E-state index contributed by atoms with van der Waals surface area (Å²) in [6, 6.07) is -0.0966. The Morgan fingerprint density at radius 1 is 1.13 bits per heavy atom. The summed E-state index contributed by atoms with van der Waals surface area (Å²) in [7, 11) is 0. The van der Waals surface area contributed by atoms with Crippen molar-refractivity contribution in [2.45, 2.75) is 82.6 Å². The predicted octanol–water partition coefficient (Wildman–Crippen LogP) is 4.01. The summed E-state index contributed by atoms with van der Waals surface area (Å²) < 4.78 is 28.3. The number of hydrogen-bond donors (Lipinski definition) is 1. The third-order valence-corrected chi connectivity index (χ3v) is 6.97. The number of alkyl halides is 2. The van der Waals surface area contributed by atoms with Gasteiger partial charge in [0.05, 0.1) is 12.2 Å². The van der Waals surface area contributed by atoms with Crippen LogP contribution in [0.3, 0.4) is 0 Å². The maximum atomic E-state index is 13.3. The minimum absolute atomic E-state index is 0.0966. The molecule has 3 fully saturated rings. The lowest BCUT2D eigenvalue weighted by atomic mass is 9.85. The molecule has 1 aliphatic heterocycles. The maximum absolute atomic E-state index is 13.3. The van der Waals surface area contributed by atoms with Gasteiger partial charge in [0.1, 0.15) is 11.2 Å². The molecule has 0 unspecified atom stereocenters. The second-order valence-electron chi connectivity index (χ2n) is 9.32. The number of H-pyrrole nitrogens is 1. The van der Waals surface area contributed by atoms with Crippen LogP contribution >= 0.6 is 0 Å². The van der Waals surface area contributed by atoms with E-state index in [2.05, 4.69) is 22.0 Å². The Labute approximate surface area is 180 Å². The quantitative estimate of drug-likeness (QED) is 0.739. The molecule has 0 atom stereocenters. The van der Waals surface area contributed by atoms with Gasteiger partial charge >= 0.3 is 0 Å². The second-order valence-corrected chi connectivity index (χ2v) is 9.32. The highest BCUT2D eigenvalue weighted by atomic mass is 19.3. The molecular weight excluding hydrogens is 404 g/mol. The molecule has 1 saturated heterocycles. The highest BCUT2D eigenvalue weighted by Gasteiger charge is 2.36. The smallest absolute Gasteiger partial charge is 0.262 e. The molecule has 7 nitrogen and oxygen atoms in total. The monoisotopic (exact) mass is 435 g/mol. The summed E-state index contributed by atoms with van der Waals surface area (Å²) in [6.07, 6.45) is 8.53. The number of piperidine rings is 1. The molecule has 31 heavy (non-hydrogen) atoms. The zero-order valence-electron chi connectivity index (χ0n) is 18.0. The average Bonchev–Trinajstić information content (AvgIpc) is 3.12. The normalized spacial score (nSPS) is 22.6. The van der Waals surface area contributed by atoms with Crippen molar-refractivity contribution >= 4 is 17.4 Å². The van der Waals surface area contributed by atoms with Gasteiger partial charge in [0.15, 0.2) is 5.65 Å². The molecule has 1 N–H and O–H groups in total. The van der Waals surface area contributed by atoms with Crippen LogP contribution in [0.25, 0.3) is 11.0 Å². The van der Waals surface area contributed by atoms with Crippen LogP contribution in [0.4, 0.5) is 8.78 Å². The molecular formula is C22H31F2N5O2. The highest BCUT2D eigenvalue weighted by molar-refractivity contribution is 5.73. The zero-order valence-corrected chi connectivity index (χ0v) is 18.0. The van der Waals surface area contributed by atoms with Gasteiger partial charge in [-0.05, 0) is 44.4 Å². The molecule has 2 aromatic heterocycles. The number of rotatable bonds is 3. The summed E-state index contributed by atoms with van der Waals surface area (Å²) in [5.41, 5.74) is 0.361. The summed E-state index contributed by atoms with van der Waals surface area (Å²) in [6.45, 7) is 4.16. The van der Waals surface area contributed by atoms with Gasteiger partial charge in [0.25, 0.3) is 5.56 Å². The molecule has 0 bridgehead atoms. The zero-order chi connectivity index (χ0) is 22.0. The van der Waals surface area contributed by atoms with Crippen LogP contribution in [0.1, 0.15) is 82.5 Å². The fraction of sp³-hybridized carbons (Fsp3) is 0.727. The van der Waals surface area contributed by atoms with Crippen molar-refractivity contribution in [3.05, 3.63) is 22.4 Å². The van der Waals surface area contributed by atoms with Crippen LogP contribution in [-0.4, -0.2) is 50.1 Å². The van der Waals surface area contributed by atoms with Gasteiger partial charge in [-0.15, -0.1) is 0 Å². The predicted molar refractivity (Wildman–Crippen MR) is 113 cm³/mol. The van der Waals surface area contributed by atoms with E-state index >= 15 is 0 Å². The third kappa shape index (κ3) is 4.96. The first-order chi connectivity index (χ1) is 14.9. The number of fused-ring (bicyclic) bond motifs is 1. The van der Waals surface area contributed by atoms with E-state index in [0.29, 0.717) is 35.6 Å². The van der Waals surface area contributed by atoms with E-state index in [9.17, 15) is 18.4 Å². The van der Waals surface area contributed by atoms with E-state index in [1.807, 2.05) is 4.90 Å². The Morgan fingerprint density at radius 3 is 2.39 bits per heavy atom. The Morgan fingerprint density at radius 2 is 1.81 bits per heavy atom. The molecule has 0 aromatic carbocycles. The lowest BCUT2D eigenvalue weighted by Gasteiger charge is -2.28. The Hall–Kier alpha value is -2.32. The van der Waals surface area contributed by atoms with Crippen LogP contribution in [-0.2, 0) is 4.79 Å². The molecule has 170 valence electrons. The summed E-state index contributed by atoms with van der Waals surface area (Å²) in [5.74, 6) is -0.717. The SMILES string of the molecule is CC1CCN(C=O)CC1.O=c1[nH]c(C2CCC2)nc2c1cnn2C1CCC(F)(F)CC1. The Kier molecular flexibility index (Phi) is 6.39. The van der Waals surface area contributed by atoms with Crippen LogP contribution in [0.2, 0.25) is 0 Å². The summed E-state index contributed by atoms with van der Waals surface area (Å²) in [5, 5.41) is 4.71. The largest absolute Gasteiger partial charge is 0.345 e. The molecule has 2 aliphatic carbocycles. The number of nitrogens with one attached hydrogen (secondary N) is 1. The number of aromatic nitrogens is 4. The minimum atomic E-state index is -2.57. The van der Waals surface area contributed by atoms with Gasteiger partial charge in [-0.2, -0.15) is 5.10 Å². The van der Waals surface area contributed by atoms with Gasteiger partial charge in [-0.1, -0.05) is 13.3 Å². The van der Waals surface area contributed by atoms with Gasteiger partial charge in [-0.25, -0.2) is 18.4 Å². The highest BCUT2D eigenvalue weighted by Crippen LogP contribution is 2.39. The van der Waals surface area contributed by atoms with E-state index in [1.165, 1.54) is 19.0 Å². The molecule has 0 radical (unpaired) electrons. The first kappa shape index (κ1) is 21.9. The van der Waals surface area contributed by atoms with Crippen LogP contribution < -0.4 is 5.56 Å². The summed E-state index contributed by atoms with van der Waals surface area (Å²) >= 11 is 0. The van der Waals surface area contributed by atoms with Crippen molar-refractivity contribution < 1.29 is 13.6 Å². The molecule has 3 heterocycles. The number of aromatic amines is 1. The van der Waals surface area contributed by atoms with E-state index in [1.54, 1.807) is 4.68 Å². The van der Waals surface area contributed by atoms with Gasteiger partial charge < -0.3 is 9.88 Å². The van der Waals surface area contributed by atoms with Crippen LogP contribution in [0.5, 0.6) is 0 Å². The van der Waals surface area contributed by atoms with Gasteiger partial charge in [0, 0.05) is 31.8 Å². The topological polar surface area (TPSA) is 83.9 Å². The number of carbonyl (C=O) groups excluding carboxylic acids is 1. The van der Waals surface area contributed by atoms with E-state index in [0.717, 1.165) is 44.7 Å². The third-order valence-electron chi connectivity index (χ3n) is 6.97. The Balaban J connectivity index is 0.000000217.